The fourth-order valence-electron chi connectivity index (χ4n) is 2.01. The summed E-state index contributed by atoms with van der Waals surface area (Å²) in [5, 5.41) is 2.93. The predicted molar refractivity (Wildman–Crippen MR) is 86.4 cm³/mol. The number of hydrogen-bond acceptors (Lipinski definition) is 4. The van der Waals surface area contributed by atoms with Crippen LogP contribution in [0.3, 0.4) is 0 Å². The quantitative estimate of drug-likeness (QED) is 0.510. The van der Waals surface area contributed by atoms with Crippen LogP contribution in [0.2, 0.25) is 0 Å². The molecule has 118 valence electrons. The highest BCUT2D eigenvalue weighted by Gasteiger charge is 2.04. The average molecular weight is 293 g/mol. The van der Waals surface area contributed by atoms with Gasteiger partial charge in [0, 0.05) is 19.5 Å². The van der Waals surface area contributed by atoms with E-state index in [1.54, 1.807) is 6.07 Å². The number of anilines is 1. The maximum absolute atomic E-state index is 11.7. The van der Waals surface area contributed by atoms with Gasteiger partial charge in [-0.15, -0.1) is 0 Å². The van der Waals surface area contributed by atoms with Gasteiger partial charge in [-0.25, -0.2) is 0 Å². The number of carbonyl (C=O) groups is 1. The van der Waals surface area contributed by atoms with Gasteiger partial charge in [-0.3, -0.25) is 4.79 Å². The second kappa shape index (κ2) is 10.0. The maximum atomic E-state index is 11.7. The molecule has 5 nitrogen and oxygen atoms in total. The highest BCUT2D eigenvalue weighted by atomic mass is 16.5. The van der Waals surface area contributed by atoms with Gasteiger partial charge in [0.1, 0.15) is 5.75 Å². The van der Waals surface area contributed by atoms with Gasteiger partial charge in [0.15, 0.2) is 0 Å². The van der Waals surface area contributed by atoms with Gasteiger partial charge < -0.3 is 20.7 Å². The summed E-state index contributed by atoms with van der Waals surface area (Å²) >= 11 is 0. The van der Waals surface area contributed by atoms with Crippen molar-refractivity contribution in [3.63, 3.8) is 0 Å². The molecule has 21 heavy (non-hydrogen) atoms. The lowest BCUT2D eigenvalue weighted by molar-refractivity contribution is -0.121. The molecule has 1 aromatic rings. The number of para-hydroxylation sites is 2. The number of nitrogens with two attached hydrogens (primary N) is 1. The van der Waals surface area contributed by atoms with Crippen molar-refractivity contribution in [1.82, 2.24) is 10.2 Å². The Kier molecular flexibility index (Phi) is 8.28. The van der Waals surface area contributed by atoms with E-state index >= 15 is 0 Å². The lowest BCUT2D eigenvalue weighted by atomic mass is 10.3. The normalized spacial score (nSPS) is 10.6. The Bertz CT molecular complexity index is 420. The first-order valence-electron chi connectivity index (χ1n) is 7.63. The van der Waals surface area contributed by atoms with E-state index in [2.05, 4.69) is 24.1 Å². The molecule has 0 unspecified atom stereocenters. The van der Waals surface area contributed by atoms with Crippen LogP contribution in [0.15, 0.2) is 24.3 Å². The number of nitrogen functional groups attached to an aromatic ring is 1. The number of hydrogen-bond donors (Lipinski definition) is 2. The third-order valence-corrected chi connectivity index (χ3v) is 3.37. The standard InChI is InChI=1S/C16H27N3O2/c1-3-19(4-2)12-11-18-16(20)10-7-13-21-15-9-6-5-8-14(15)17/h5-6,8-9H,3-4,7,10-13,17H2,1-2H3,(H,18,20). The van der Waals surface area contributed by atoms with Crippen molar-refractivity contribution in [2.24, 2.45) is 0 Å². The Morgan fingerprint density at radius 1 is 1.29 bits per heavy atom. The molecule has 0 bridgehead atoms. The zero-order chi connectivity index (χ0) is 15.5. The van der Waals surface area contributed by atoms with E-state index in [1.165, 1.54) is 0 Å². The highest BCUT2D eigenvalue weighted by molar-refractivity contribution is 5.75. The molecule has 0 heterocycles. The van der Waals surface area contributed by atoms with E-state index in [1.807, 2.05) is 18.2 Å². The molecule has 0 aliphatic carbocycles. The molecule has 1 amide bonds. The van der Waals surface area contributed by atoms with Crippen LogP contribution in [0, 0.1) is 0 Å². The molecule has 0 aliphatic rings. The lowest BCUT2D eigenvalue weighted by Gasteiger charge is -2.17. The summed E-state index contributed by atoms with van der Waals surface area (Å²) in [5.41, 5.74) is 6.40. The summed E-state index contributed by atoms with van der Waals surface area (Å²) in [7, 11) is 0. The summed E-state index contributed by atoms with van der Waals surface area (Å²) < 4.78 is 5.55. The van der Waals surface area contributed by atoms with Crippen molar-refractivity contribution in [2.45, 2.75) is 26.7 Å². The highest BCUT2D eigenvalue weighted by Crippen LogP contribution is 2.19. The first-order chi connectivity index (χ1) is 10.2. The van der Waals surface area contributed by atoms with Crippen molar-refractivity contribution in [2.75, 3.05) is 38.5 Å². The van der Waals surface area contributed by atoms with Crippen LogP contribution in [0.5, 0.6) is 5.75 Å². The maximum Gasteiger partial charge on any atom is 0.220 e. The molecule has 0 atom stereocenters. The van der Waals surface area contributed by atoms with Crippen LogP contribution in [-0.4, -0.2) is 43.6 Å². The monoisotopic (exact) mass is 293 g/mol. The van der Waals surface area contributed by atoms with E-state index in [0.717, 1.165) is 19.6 Å². The van der Waals surface area contributed by atoms with E-state index in [-0.39, 0.29) is 5.91 Å². The number of nitrogens with zero attached hydrogens (tertiary/aromatic N) is 1. The minimum atomic E-state index is 0.0757. The van der Waals surface area contributed by atoms with Crippen LogP contribution in [0.25, 0.3) is 0 Å². The van der Waals surface area contributed by atoms with Crippen LogP contribution >= 0.6 is 0 Å². The van der Waals surface area contributed by atoms with Crippen molar-refractivity contribution < 1.29 is 9.53 Å². The van der Waals surface area contributed by atoms with E-state index < -0.39 is 0 Å². The second-order valence-electron chi connectivity index (χ2n) is 4.87. The van der Waals surface area contributed by atoms with Crippen LogP contribution in [0.4, 0.5) is 5.69 Å². The third kappa shape index (κ3) is 6.99. The van der Waals surface area contributed by atoms with Crippen LogP contribution in [0.1, 0.15) is 26.7 Å². The Balaban J connectivity index is 2.10. The molecule has 0 saturated carbocycles. The summed E-state index contributed by atoms with van der Waals surface area (Å²) in [5.74, 6) is 0.756. The molecular formula is C16H27N3O2. The fraction of sp³-hybridized carbons (Fsp3) is 0.562. The topological polar surface area (TPSA) is 67.6 Å². The molecule has 3 N–H and O–H groups in total. The van der Waals surface area contributed by atoms with Gasteiger partial charge in [0.05, 0.1) is 12.3 Å². The first kappa shape index (κ1) is 17.3. The van der Waals surface area contributed by atoms with Gasteiger partial charge in [-0.05, 0) is 31.6 Å². The van der Waals surface area contributed by atoms with Gasteiger partial charge in [-0.1, -0.05) is 26.0 Å². The van der Waals surface area contributed by atoms with Gasteiger partial charge in [0.2, 0.25) is 5.91 Å². The molecule has 0 fully saturated rings. The van der Waals surface area contributed by atoms with Crippen molar-refractivity contribution in [3.8, 4) is 5.75 Å². The third-order valence-electron chi connectivity index (χ3n) is 3.37. The molecular weight excluding hydrogens is 266 g/mol. The average Bonchev–Trinajstić information content (AvgIpc) is 2.50. The van der Waals surface area contributed by atoms with Gasteiger partial charge in [0.25, 0.3) is 0 Å². The molecule has 1 aromatic carbocycles. The molecule has 0 spiro atoms. The molecule has 1 rings (SSSR count). The number of benzene rings is 1. The lowest BCUT2D eigenvalue weighted by Crippen LogP contribution is -2.34. The van der Waals surface area contributed by atoms with Crippen molar-refractivity contribution in [1.29, 1.82) is 0 Å². The summed E-state index contributed by atoms with van der Waals surface area (Å²) in [6.45, 7) is 8.37. The number of likely N-dealkylation sites (N-methyl/N-ethyl adjacent to an activating group) is 1. The second-order valence-corrected chi connectivity index (χ2v) is 4.87. The Labute approximate surface area is 127 Å². The van der Waals surface area contributed by atoms with Gasteiger partial charge >= 0.3 is 0 Å². The fourth-order valence-corrected chi connectivity index (χ4v) is 2.01. The number of rotatable bonds is 10. The molecule has 0 saturated heterocycles. The van der Waals surface area contributed by atoms with Crippen LogP contribution in [-0.2, 0) is 4.79 Å². The summed E-state index contributed by atoms with van der Waals surface area (Å²) in [4.78, 5) is 13.9. The zero-order valence-corrected chi connectivity index (χ0v) is 13.1. The van der Waals surface area contributed by atoms with Crippen molar-refractivity contribution in [3.05, 3.63) is 24.3 Å². The number of ether oxygens (including phenoxy) is 1. The molecule has 0 aromatic heterocycles. The summed E-state index contributed by atoms with van der Waals surface area (Å²) in [6, 6.07) is 7.38. The van der Waals surface area contributed by atoms with Gasteiger partial charge in [-0.2, -0.15) is 0 Å². The summed E-state index contributed by atoms with van der Waals surface area (Å²) in [6.07, 6.45) is 1.16. The Hall–Kier alpha value is -1.75. The Morgan fingerprint density at radius 2 is 2.00 bits per heavy atom. The largest absolute Gasteiger partial charge is 0.491 e. The number of carbonyl (C=O) groups excluding carboxylic acids is 1. The number of amides is 1. The Morgan fingerprint density at radius 3 is 2.67 bits per heavy atom. The number of nitrogens with one attached hydrogen (secondary N) is 1. The first-order valence-corrected chi connectivity index (χ1v) is 7.63. The molecule has 5 heteroatoms. The molecule has 0 radical (unpaired) electrons. The van der Waals surface area contributed by atoms with Crippen molar-refractivity contribution >= 4 is 11.6 Å². The van der Waals surface area contributed by atoms with E-state index in [9.17, 15) is 4.79 Å². The van der Waals surface area contributed by atoms with Crippen LogP contribution < -0.4 is 15.8 Å². The van der Waals surface area contributed by atoms with E-state index in [4.69, 9.17) is 10.5 Å². The SMILES string of the molecule is CCN(CC)CCNC(=O)CCCOc1ccccc1N. The molecule has 0 aliphatic heterocycles. The minimum absolute atomic E-state index is 0.0757. The zero-order valence-electron chi connectivity index (χ0n) is 13.1. The predicted octanol–water partition coefficient (Wildman–Crippen LogP) is 1.89. The smallest absolute Gasteiger partial charge is 0.220 e. The minimum Gasteiger partial charge on any atom is -0.491 e. The van der Waals surface area contributed by atoms with E-state index in [0.29, 0.717) is 37.4 Å².